The first-order chi connectivity index (χ1) is 6.04. The molecule has 0 saturated heterocycles. The van der Waals surface area contributed by atoms with Crippen molar-refractivity contribution >= 4 is 0 Å². The first kappa shape index (κ1) is 10.0. The largest absolute Gasteiger partial charge is 0.468 e. The number of rotatable bonds is 3. The molecule has 0 aromatic carbocycles. The molecule has 0 aliphatic rings. The first-order valence-electron chi connectivity index (χ1n) is 3.70. The number of halogens is 3. The maximum absolute atomic E-state index is 12.0. The average molecular weight is 194 g/mol. The van der Waals surface area contributed by atoms with Gasteiger partial charge < -0.3 is 9.73 Å². The quantitative estimate of drug-likeness (QED) is 0.791. The van der Waals surface area contributed by atoms with Crippen LogP contribution in [0.4, 0.5) is 13.2 Å². The summed E-state index contributed by atoms with van der Waals surface area (Å²) in [5.74, 6) is -1.18. The van der Waals surface area contributed by atoms with Crippen LogP contribution < -0.4 is 5.32 Å². The zero-order chi connectivity index (χ0) is 9.90. The fourth-order valence-electron chi connectivity index (χ4n) is 0.805. The number of aromatic nitrogens is 1. The second kappa shape index (κ2) is 3.78. The Morgan fingerprint density at radius 3 is 2.69 bits per heavy atom. The van der Waals surface area contributed by atoms with Gasteiger partial charge in [-0.1, -0.05) is 0 Å². The third kappa shape index (κ3) is 2.73. The Morgan fingerprint density at radius 1 is 1.54 bits per heavy atom. The number of nitrogens with zero attached hydrogens (tertiary/aromatic N) is 1. The smallest absolute Gasteiger partial charge is 0.441 e. The molecule has 1 aromatic heterocycles. The summed E-state index contributed by atoms with van der Waals surface area (Å²) in [5, 5.41) is 2.80. The Kier molecular flexibility index (Phi) is 2.92. The minimum atomic E-state index is -4.49. The molecule has 74 valence electrons. The fourth-order valence-corrected chi connectivity index (χ4v) is 0.805. The lowest BCUT2D eigenvalue weighted by atomic mass is 10.3. The van der Waals surface area contributed by atoms with E-state index in [-0.39, 0.29) is 0 Å². The molecule has 3 nitrogen and oxygen atoms in total. The number of nitrogens with one attached hydrogen (secondary N) is 1. The summed E-state index contributed by atoms with van der Waals surface area (Å²) in [6, 6.07) is 0. The van der Waals surface area contributed by atoms with E-state index in [1.54, 1.807) is 7.05 Å². The van der Waals surface area contributed by atoms with Crippen molar-refractivity contribution < 1.29 is 17.6 Å². The van der Waals surface area contributed by atoms with Gasteiger partial charge >= 0.3 is 12.1 Å². The number of hydrogen-bond acceptors (Lipinski definition) is 3. The van der Waals surface area contributed by atoms with Gasteiger partial charge in [-0.2, -0.15) is 13.2 Å². The van der Waals surface area contributed by atoms with Crippen LogP contribution in [0.5, 0.6) is 0 Å². The Bertz CT molecular complexity index is 269. The highest BCUT2D eigenvalue weighted by atomic mass is 19.4. The molecule has 0 atom stereocenters. The van der Waals surface area contributed by atoms with E-state index in [4.69, 9.17) is 0 Å². The van der Waals surface area contributed by atoms with E-state index in [1.165, 1.54) is 0 Å². The van der Waals surface area contributed by atoms with Crippen LogP contribution in [0.2, 0.25) is 0 Å². The highest BCUT2D eigenvalue weighted by Gasteiger charge is 2.36. The van der Waals surface area contributed by atoms with E-state index < -0.39 is 12.1 Å². The molecule has 0 unspecified atom stereocenters. The maximum atomic E-state index is 12.0. The summed E-state index contributed by atoms with van der Waals surface area (Å²) in [6.07, 6.45) is -3.03. The second-order valence-electron chi connectivity index (χ2n) is 2.50. The topological polar surface area (TPSA) is 38.1 Å². The molecule has 0 spiro atoms. The molecule has 1 aromatic rings. The van der Waals surface area contributed by atoms with Gasteiger partial charge in [0, 0.05) is 13.0 Å². The molecular formula is C7H9F3N2O. The fraction of sp³-hybridized carbons (Fsp3) is 0.571. The molecule has 0 radical (unpaired) electrons. The number of likely N-dealkylation sites (N-methyl/N-ethyl adjacent to an activating group) is 1. The van der Waals surface area contributed by atoms with Crippen LogP contribution in [0.15, 0.2) is 10.7 Å². The SMILES string of the molecule is CNCCc1coc(C(F)(F)F)n1. The lowest BCUT2D eigenvalue weighted by molar-refractivity contribution is -0.157. The summed E-state index contributed by atoms with van der Waals surface area (Å²) in [6.45, 7) is 0.573. The van der Waals surface area contributed by atoms with Gasteiger partial charge in [-0.25, -0.2) is 4.98 Å². The lowest BCUT2D eigenvalue weighted by Crippen LogP contribution is -2.11. The van der Waals surface area contributed by atoms with Gasteiger partial charge in [-0.05, 0) is 7.05 Å². The summed E-state index contributed by atoms with van der Waals surface area (Å²) < 4.78 is 40.1. The number of oxazole rings is 1. The van der Waals surface area contributed by atoms with Crippen molar-refractivity contribution in [2.24, 2.45) is 0 Å². The van der Waals surface area contributed by atoms with Crippen molar-refractivity contribution in [1.82, 2.24) is 10.3 Å². The maximum Gasteiger partial charge on any atom is 0.468 e. The molecule has 0 bridgehead atoms. The minimum absolute atomic E-state index is 0.307. The number of hydrogen-bond donors (Lipinski definition) is 1. The Hall–Kier alpha value is -1.04. The van der Waals surface area contributed by atoms with Gasteiger partial charge in [-0.15, -0.1) is 0 Å². The molecule has 0 aliphatic carbocycles. The molecule has 0 aliphatic heterocycles. The van der Waals surface area contributed by atoms with Gasteiger partial charge in [0.05, 0.1) is 5.69 Å². The molecule has 0 amide bonds. The molecule has 1 N–H and O–H groups in total. The van der Waals surface area contributed by atoms with E-state index in [1.807, 2.05) is 0 Å². The van der Waals surface area contributed by atoms with Gasteiger partial charge in [0.1, 0.15) is 6.26 Å². The third-order valence-electron chi connectivity index (χ3n) is 1.43. The highest BCUT2D eigenvalue weighted by molar-refractivity contribution is 4.99. The van der Waals surface area contributed by atoms with Crippen LogP contribution in [0, 0.1) is 0 Å². The molecule has 1 heterocycles. The average Bonchev–Trinajstić information content (AvgIpc) is 2.47. The van der Waals surface area contributed by atoms with Crippen molar-refractivity contribution in [2.75, 3.05) is 13.6 Å². The molecule has 0 fully saturated rings. The van der Waals surface area contributed by atoms with Crippen LogP contribution in [0.25, 0.3) is 0 Å². The zero-order valence-corrected chi connectivity index (χ0v) is 6.98. The lowest BCUT2D eigenvalue weighted by Gasteiger charge is -1.97. The van der Waals surface area contributed by atoms with E-state index in [2.05, 4.69) is 14.7 Å². The summed E-state index contributed by atoms with van der Waals surface area (Å²) in [7, 11) is 1.71. The molecular weight excluding hydrogens is 185 g/mol. The highest BCUT2D eigenvalue weighted by Crippen LogP contribution is 2.28. The van der Waals surface area contributed by atoms with Crippen molar-refractivity contribution in [3.8, 4) is 0 Å². The number of alkyl halides is 3. The normalized spacial score (nSPS) is 12.0. The van der Waals surface area contributed by atoms with Crippen molar-refractivity contribution in [3.63, 3.8) is 0 Å². The summed E-state index contributed by atoms with van der Waals surface area (Å²) >= 11 is 0. The van der Waals surface area contributed by atoms with Crippen molar-refractivity contribution in [2.45, 2.75) is 12.6 Å². The van der Waals surface area contributed by atoms with E-state index in [0.29, 0.717) is 18.7 Å². The standard InChI is InChI=1S/C7H9F3N2O/c1-11-3-2-5-4-13-6(12-5)7(8,9)10/h4,11H,2-3H2,1H3. The Labute approximate surface area is 73.0 Å². The predicted octanol–water partition coefficient (Wildman–Crippen LogP) is 1.46. The second-order valence-corrected chi connectivity index (χ2v) is 2.50. The molecule has 0 saturated carbocycles. The Balaban J connectivity index is 2.64. The zero-order valence-electron chi connectivity index (χ0n) is 6.98. The predicted molar refractivity (Wildman–Crippen MR) is 39.1 cm³/mol. The van der Waals surface area contributed by atoms with Crippen LogP contribution in [-0.4, -0.2) is 18.6 Å². The van der Waals surface area contributed by atoms with Gasteiger partial charge in [0.15, 0.2) is 0 Å². The van der Waals surface area contributed by atoms with Crippen LogP contribution in [0.3, 0.4) is 0 Å². The third-order valence-corrected chi connectivity index (χ3v) is 1.43. The molecule has 6 heteroatoms. The molecule has 13 heavy (non-hydrogen) atoms. The van der Waals surface area contributed by atoms with Gasteiger partial charge in [0.25, 0.3) is 0 Å². The van der Waals surface area contributed by atoms with Crippen LogP contribution >= 0.6 is 0 Å². The monoisotopic (exact) mass is 194 g/mol. The summed E-state index contributed by atoms with van der Waals surface area (Å²) in [4.78, 5) is 3.29. The van der Waals surface area contributed by atoms with Crippen LogP contribution in [-0.2, 0) is 12.6 Å². The van der Waals surface area contributed by atoms with Crippen molar-refractivity contribution in [1.29, 1.82) is 0 Å². The van der Waals surface area contributed by atoms with Gasteiger partial charge in [-0.3, -0.25) is 0 Å². The summed E-state index contributed by atoms with van der Waals surface area (Å²) in [5.41, 5.74) is 0.307. The minimum Gasteiger partial charge on any atom is -0.441 e. The van der Waals surface area contributed by atoms with E-state index in [9.17, 15) is 13.2 Å². The first-order valence-corrected chi connectivity index (χ1v) is 3.70. The Morgan fingerprint density at radius 2 is 2.23 bits per heavy atom. The van der Waals surface area contributed by atoms with E-state index >= 15 is 0 Å². The van der Waals surface area contributed by atoms with E-state index in [0.717, 1.165) is 6.26 Å². The molecule has 1 rings (SSSR count). The van der Waals surface area contributed by atoms with Crippen molar-refractivity contribution in [3.05, 3.63) is 17.8 Å². The van der Waals surface area contributed by atoms with Crippen LogP contribution in [0.1, 0.15) is 11.6 Å². The van der Waals surface area contributed by atoms with Gasteiger partial charge in [0.2, 0.25) is 0 Å².